The highest BCUT2D eigenvalue weighted by molar-refractivity contribution is 8.26. The third-order valence-corrected chi connectivity index (χ3v) is 6.57. The molecule has 0 radical (unpaired) electrons. The molecule has 0 saturated carbocycles. The number of hydrazine groups is 1. The molecule has 1 saturated heterocycles. The highest BCUT2D eigenvalue weighted by Gasteiger charge is 2.33. The standard InChI is InChI=1S/C26H30N2O3S2/c1-3-4-5-6-7-8-17-31-22-15-11-20(12-16-22)18-23-25(30)28(26(32)33-23)27-24(29)21-13-9-19(2)10-14-21/h9-16,18H,3-8,17H2,1-2H3,(H,27,29). The number of rotatable bonds is 11. The molecule has 7 heteroatoms. The zero-order valence-electron chi connectivity index (χ0n) is 19.1. The minimum Gasteiger partial charge on any atom is -0.494 e. The van der Waals surface area contributed by atoms with Gasteiger partial charge in [0.2, 0.25) is 0 Å². The Balaban J connectivity index is 1.52. The van der Waals surface area contributed by atoms with Crippen LogP contribution in [-0.4, -0.2) is 27.8 Å². The fourth-order valence-electron chi connectivity index (χ4n) is 3.32. The molecule has 1 fully saturated rings. The number of nitrogens with one attached hydrogen (secondary N) is 1. The van der Waals surface area contributed by atoms with Crippen LogP contribution in [-0.2, 0) is 4.79 Å². The summed E-state index contributed by atoms with van der Waals surface area (Å²) in [6.07, 6.45) is 9.15. The van der Waals surface area contributed by atoms with E-state index in [0.29, 0.717) is 21.4 Å². The molecule has 1 aliphatic heterocycles. The van der Waals surface area contributed by atoms with Gasteiger partial charge in [0, 0.05) is 5.56 Å². The van der Waals surface area contributed by atoms with Crippen LogP contribution in [0.2, 0.25) is 0 Å². The summed E-state index contributed by atoms with van der Waals surface area (Å²) in [5.74, 6) is 0.104. The first-order valence-corrected chi connectivity index (χ1v) is 12.6. The summed E-state index contributed by atoms with van der Waals surface area (Å²) in [4.78, 5) is 25.7. The number of carbonyl (C=O) groups is 2. The Kier molecular flexibility index (Phi) is 9.51. The van der Waals surface area contributed by atoms with Crippen molar-refractivity contribution in [1.82, 2.24) is 10.4 Å². The van der Waals surface area contributed by atoms with Gasteiger partial charge in [0.25, 0.3) is 11.8 Å². The Bertz CT molecular complexity index is 1000. The number of thioether (sulfide) groups is 1. The van der Waals surface area contributed by atoms with E-state index >= 15 is 0 Å². The summed E-state index contributed by atoms with van der Waals surface area (Å²) < 4.78 is 6.11. The lowest BCUT2D eigenvalue weighted by Gasteiger charge is -2.15. The topological polar surface area (TPSA) is 58.6 Å². The van der Waals surface area contributed by atoms with E-state index in [2.05, 4.69) is 12.3 Å². The van der Waals surface area contributed by atoms with Crippen LogP contribution in [0.1, 0.15) is 66.9 Å². The van der Waals surface area contributed by atoms with Gasteiger partial charge in [-0.3, -0.25) is 15.0 Å². The number of hydrogen-bond donors (Lipinski definition) is 1. The van der Waals surface area contributed by atoms with E-state index < -0.39 is 0 Å². The Morgan fingerprint density at radius 2 is 1.70 bits per heavy atom. The van der Waals surface area contributed by atoms with Gasteiger partial charge in [-0.25, -0.2) is 0 Å². The van der Waals surface area contributed by atoms with Gasteiger partial charge in [-0.15, -0.1) is 0 Å². The number of nitrogens with zero attached hydrogens (tertiary/aromatic N) is 1. The zero-order chi connectivity index (χ0) is 23.6. The number of carbonyl (C=O) groups excluding carboxylic acids is 2. The van der Waals surface area contributed by atoms with Crippen LogP contribution < -0.4 is 10.2 Å². The minimum atomic E-state index is -0.376. The van der Waals surface area contributed by atoms with E-state index in [1.165, 1.54) is 43.9 Å². The molecule has 1 heterocycles. The number of aryl methyl sites for hydroxylation is 1. The van der Waals surface area contributed by atoms with Crippen molar-refractivity contribution in [2.75, 3.05) is 6.61 Å². The Hall–Kier alpha value is -2.64. The summed E-state index contributed by atoms with van der Waals surface area (Å²) in [6.45, 7) is 4.88. The predicted octanol–water partition coefficient (Wildman–Crippen LogP) is 6.28. The third-order valence-electron chi connectivity index (χ3n) is 5.27. The predicted molar refractivity (Wildman–Crippen MR) is 139 cm³/mol. The molecule has 0 aliphatic carbocycles. The van der Waals surface area contributed by atoms with Gasteiger partial charge in [0.15, 0.2) is 4.32 Å². The fourth-order valence-corrected chi connectivity index (χ4v) is 4.50. The summed E-state index contributed by atoms with van der Waals surface area (Å²) >= 11 is 6.47. The van der Waals surface area contributed by atoms with Crippen LogP contribution in [0, 0.1) is 6.92 Å². The molecule has 2 aromatic carbocycles. The SMILES string of the molecule is CCCCCCCCOc1ccc(C=C2SC(=S)N(NC(=O)c3ccc(C)cc3)C2=O)cc1. The Labute approximate surface area is 205 Å². The second-order valence-corrected chi connectivity index (χ2v) is 9.69. The maximum atomic E-state index is 12.8. The van der Waals surface area contributed by atoms with Crippen LogP contribution in [0.5, 0.6) is 5.75 Å². The van der Waals surface area contributed by atoms with Gasteiger partial charge in [0.1, 0.15) is 5.75 Å². The molecule has 2 aromatic rings. The van der Waals surface area contributed by atoms with Crippen LogP contribution in [0.25, 0.3) is 6.08 Å². The molecular weight excluding hydrogens is 452 g/mol. The molecule has 0 aromatic heterocycles. The number of amides is 2. The van der Waals surface area contributed by atoms with Crippen LogP contribution >= 0.6 is 24.0 Å². The lowest BCUT2D eigenvalue weighted by atomic mass is 10.1. The van der Waals surface area contributed by atoms with Crippen molar-refractivity contribution in [1.29, 1.82) is 0 Å². The van der Waals surface area contributed by atoms with E-state index in [1.54, 1.807) is 18.2 Å². The second kappa shape index (κ2) is 12.6. The minimum absolute atomic E-state index is 0.297. The van der Waals surface area contributed by atoms with E-state index in [1.807, 2.05) is 43.3 Å². The molecule has 1 aliphatic rings. The molecule has 2 amide bonds. The quantitative estimate of drug-likeness (QED) is 0.232. The maximum absolute atomic E-state index is 12.8. The lowest BCUT2D eigenvalue weighted by Crippen LogP contribution is -2.44. The first kappa shape index (κ1) is 25.0. The second-order valence-electron chi connectivity index (χ2n) is 8.01. The summed E-state index contributed by atoms with van der Waals surface area (Å²) in [5, 5.41) is 1.13. The molecule has 3 rings (SSSR count). The van der Waals surface area contributed by atoms with Gasteiger partial charge in [-0.05, 0) is 61.5 Å². The van der Waals surface area contributed by atoms with E-state index in [9.17, 15) is 9.59 Å². The Morgan fingerprint density at radius 1 is 1.03 bits per heavy atom. The van der Waals surface area contributed by atoms with E-state index in [0.717, 1.165) is 28.3 Å². The molecular formula is C26H30N2O3S2. The van der Waals surface area contributed by atoms with Crippen molar-refractivity contribution in [2.24, 2.45) is 0 Å². The zero-order valence-corrected chi connectivity index (χ0v) is 20.8. The van der Waals surface area contributed by atoms with Crippen LogP contribution in [0.3, 0.4) is 0 Å². The molecule has 0 atom stereocenters. The maximum Gasteiger partial charge on any atom is 0.285 e. The first-order chi connectivity index (χ1) is 16.0. The number of unbranched alkanes of at least 4 members (excludes halogenated alkanes) is 5. The summed E-state index contributed by atoms with van der Waals surface area (Å²) in [6, 6.07) is 14.8. The van der Waals surface area contributed by atoms with E-state index in [-0.39, 0.29) is 11.8 Å². The van der Waals surface area contributed by atoms with Crippen molar-refractivity contribution >= 4 is 46.2 Å². The molecule has 0 spiro atoms. The average Bonchev–Trinajstić information content (AvgIpc) is 3.07. The first-order valence-electron chi connectivity index (χ1n) is 11.4. The molecule has 33 heavy (non-hydrogen) atoms. The van der Waals surface area contributed by atoms with Crippen molar-refractivity contribution < 1.29 is 14.3 Å². The van der Waals surface area contributed by atoms with E-state index in [4.69, 9.17) is 17.0 Å². The smallest absolute Gasteiger partial charge is 0.285 e. The molecule has 174 valence electrons. The molecule has 0 unspecified atom stereocenters. The highest BCUT2D eigenvalue weighted by atomic mass is 32.2. The van der Waals surface area contributed by atoms with Crippen LogP contribution in [0.15, 0.2) is 53.4 Å². The van der Waals surface area contributed by atoms with Crippen molar-refractivity contribution in [3.05, 3.63) is 70.1 Å². The Morgan fingerprint density at radius 3 is 2.39 bits per heavy atom. The number of ether oxygens (including phenoxy) is 1. The molecule has 5 nitrogen and oxygen atoms in total. The van der Waals surface area contributed by atoms with Gasteiger partial charge >= 0.3 is 0 Å². The normalized spacial score (nSPS) is 14.7. The number of benzene rings is 2. The average molecular weight is 483 g/mol. The lowest BCUT2D eigenvalue weighted by molar-refractivity contribution is -0.123. The third kappa shape index (κ3) is 7.44. The highest BCUT2D eigenvalue weighted by Crippen LogP contribution is 2.31. The van der Waals surface area contributed by atoms with Crippen molar-refractivity contribution in [3.8, 4) is 5.75 Å². The van der Waals surface area contributed by atoms with Gasteiger partial charge < -0.3 is 4.74 Å². The fraction of sp³-hybridized carbons (Fsp3) is 0.346. The number of thiocarbonyl (C=S) groups is 1. The van der Waals surface area contributed by atoms with Crippen molar-refractivity contribution in [3.63, 3.8) is 0 Å². The summed E-state index contributed by atoms with van der Waals surface area (Å²) in [7, 11) is 0. The van der Waals surface area contributed by atoms with Crippen LogP contribution in [0.4, 0.5) is 0 Å². The van der Waals surface area contributed by atoms with Gasteiger partial charge in [0.05, 0.1) is 11.5 Å². The van der Waals surface area contributed by atoms with Crippen molar-refractivity contribution in [2.45, 2.75) is 52.4 Å². The molecule has 1 N–H and O–H groups in total. The largest absolute Gasteiger partial charge is 0.494 e. The van der Waals surface area contributed by atoms with Gasteiger partial charge in [-0.2, -0.15) is 5.01 Å². The molecule has 0 bridgehead atoms. The van der Waals surface area contributed by atoms with Gasteiger partial charge in [-0.1, -0.05) is 80.6 Å². The monoisotopic (exact) mass is 482 g/mol. The summed E-state index contributed by atoms with van der Waals surface area (Å²) in [5.41, 5.74) is 5.00. The number of hydrogen-bond acceptors (Lipinski definition) is 5.